The standard InChI is InChI=1S/C9H11N3O4S/c13-7(1-6-4-17-5-12-6)10-2-8(14)11-3-9(15)16/h4-5H,1-3H2,(H,10,13)(H,11,14)(H,15,16). The number of hydrogen-bond donors (Lipinski definition) is 3. The fraction of sp³-hybridized carbons (Fsp3) is 0.333. The summed E-state index contributed by atoms with van der Waals surface area (Å²) in [5.74, 6) is -2.01. The second kappa shape index (κ2) is 6.59. The molecule has 0 saturated carbocycles. The zero-order valence-electron chi connectivity index (χ0n) is 8.80. The van der Waals surface area contributed by atoms with Gasteiger partial charge in [0.2, 0.25) is 11.8 Å². The van der Waals surface area contributed by atoms with Crippen LogP contribution in [0, 0.1) is 0 Å². The van der Waals surface area contributed by atoms with Gasteiger partial charge in [0.25, 0.3) is 0 Å². The van der Waals surface area contributed by atoms with E-state index in [0.717, 1.165) is 0 Å². The molecule has 3 N–H and O–H groups in total. The van der Waals surface area contributed by atoms with E-state index in [0.29, 0.717) is 5.69 Å². The molecule has 1 aromatic rings. The third kappa shape index (κ3) is 5.61. The highest BCUT2D eigenvalue weighted by atomic mass is 32.1. The minimum absolute atomic E-state index is 0.107. The summed E-state index contributed by atoms with van der Waals surface area (Å²) < 4.78 is 0. The van der Waals surface area contributed by atoms with E-state index in [1.165, 1.54) is 11.3 Å². The lowest BCUT2D eigenvalue weighted by Crippen LogP contribution is -2.39. The van der Waals surface area contributed by atoms with Gasteiger partial charge in [-0.25, -0.2) is 4.98 Å². The van der Waals surface area contributed by atoms with Gasteiger partial charge in [0, 0.05) is 5.38 Å². The third-order valence-electron chi connectivity index (χ3n) is 1.71. The number of carboxylic acid groups (broad SMARTS) is 1. The molecule has 0 aliphatic carbocycles. The molecular formula is C9H11N3O4S. The average molecular weight is 257 g/mol. The molecule has 8 heteroatoms. The summed E-state index contributed by atoms with van der Waals surface area (Å²) >= 11 is 1.38. The lowest BCUT2D eigenvalue weighted by atomic mass is 10.3. The van der Waals surface area contributed by atoms with E-state index in [1.807, 2.05) is 0 Å². The number of carbonyl (C=O) groups excluding carboxylic acids is 2. The van der Waals surface area contributed by atoms with Crippen molar-refractivity contribution in [3.8, 4) is 0 Å². The Balaban J connectivity index is 2.19. The van der Waals surface area contributed by atoms with Crippen LogP contribution >= 0.6 is 11.3 Å². The van der Waals surface area contributed by atoms with E-state index in [4.69, 9.17) is 5.11 Å². The Bertz CT molecular complexity index is 404. The topological polar surface area (TPSA) is 108 Å². The van der Waals surface area contributed by atoms with E-state index in [2.05, 4.69) is 15.6 Å². The maximum absolute atomic E-state index is 11.3. The van der Waals surface area contributed by atoms with Crippen molar-refractivity contribution in [3.05, 3.63) is 16.6 Å². The Hall–Kier alpha value is -1.96. The second-order valence-corrected chi connectivity index (χ2v) is 3.82. The number of rotatable bonds is 6. The first-order valence-corrected chi connectivity index (χ1v) is 5.64. The molecule has 7 nitrogen and oxygen atoms in total. The summed E-state index contributed by atoms with van der Waals surface area (Å²) in [7, 11) is 0. The minimum atomic E-state index is -1.13. The summed E-state index contributed by atoms with van der Waals surface area (Å²) in [5, 5.41) is 14.5. The third-order valence-corrected chi connectivity index (χ3v) is 2.34. The Morgan fingerprint density at radius 3 is 2.53 bits per heavy atom. The molecule has 1 aromatic heterocycles. The zero-order valence-corrected chi connectivity index (χ0v) is 9.62. The summed E-state index contributed by atoms with van der Waals surface area (Å²) in [5.41, 5.74) is 2.25. The van der Waals surface area contributed by atoms with Crippen LogP contribution in [-0.2, 0) is 20.8 Å². The summed E-state index contributed by atoms with van der Waals surface area (Å²) in [6.07, 6.45) is 0.107. The fourth-order valence-corrected chi connectivity index (χ4v) is 1.53. The predicted molar refractivity (Wildman–Crippen MR) is 59.5 cm³/mol. The second-order valence-electron chi connectivity index (χ2n) is 3.10. The molecule has 0 radical (unpaired) electrons. The molecule has 0 saturated heterocycles. The normalized spacial score (nSPS) is 9.65. The molecule has 0 bridgehead atoms. The summed E-state index contributed by atoms with van der Waals surface area (Å²) in [6, 6.07) is 0. The Morgan fingerprint density at radius 1 is 1.24 bits per heavy atom. The first-order valence-electron chi connectivity index (χ1n) is 4.70. The molecule has 0 unspecified atom stereocenters. The number of thiazole rings is 1. The van der Waals surface area contributed by atoms with Gasteiger partial charge in [0.15, 0.2) is 0 Å². The Kier molecular flexibility index (Phi) is 5.08. The molecule has 92 valence electrons. The van der Waals surface area contributed by atoms with Crippen molar-refractivity contribution in [3.63, 3.8) is 0 Å². The number of carbonyl (C=O) groups is 3. The van der Waals surface area contributed by atoms with Gasteiger partial charge in [0.05, 0.1) is 24.2 Å². The SMILES string of the molecule is O=C(O)CNC(=O)CNC(=O)Cc1cscn1. The molecule has 17 heavy (non-hydrogen) atoms. The largest absolute Gasteiger partial charge is 0.480 e. The fourth-order valence-electron chi connectivity index (χ4n) is 0.967. The summed E-state index contributed by atoms with van der Waals surface area (Å²) in [6.45, 7) is -0.697. The van der Waals surface area contributed by atoms with Gasteiger partial charge in [-0.2, -0.15) is 0 Å². The van der Waals surface area contributed by atoms with Crippen molar-refractivity contribution < 1.29 is 19.5 Å². The number of aromatic nitrogens is 1. The number of hydrogen-bond acceptors (Lipinski definition) is 5. The van der Waals surface area contributed by atoms with E-state index in [-0.39, 0.29) is 18.9 Å². The van der Waals surface area contributed by atoms with E-state index >= 15 is 0 Å². The quantitative estimate of drug-likeness (QED) is 0.606. The number of carboxylic acids is 1. The number of aliphatic carboxylic acids is 1. The van der Waals surface area contributed by atoms with Crippen molar-refractivity contribution in [1.82, 2.24) is 15.6 Å². The lowest BCUT2D eigenvalue weighted by Gasteiger charge is -2.04. The zero-order chi connectivity index (χ0) is 12.7. The van der Waals surface area contributed by atoms with Crippen LogP contribution < -0.4 is 10.6 Å². The molecular weight excluding hydrogens is 246 g/mol. The first-order chi connectivity index (χ1) is 8.08. The monoisotopic (exact) mass is 257 g/mol. The molecule has 0 spiro atoms. The van der Waals surface area contributed by atoms with E-state index in [9.17, 15) is 14.4 Å². The molecule has 2 amide bonds. The van der Waals surface area contributed by atoms with Gasteiger partial charge in [0.1, 0.15) is 6.54 Å². The molecule has 0 aromatic carbocycles. The van der Waals surface area contributed by atoms with Gasteiger partial charge in [-0.15, -0.1) is 11.3 Å². The van der Waals surface area contributed by atoms with Gasteiger partial charge >= 0.3 is 5.97 Å². The molecule has 1 rings (SSSR count). The maximum atomic E-state index is 11.3. The van der Waals surface area contributed by atoms with Crippen molar-refractivity contribution in [1.29, 1.82) is 0 Å². The van der Waals surface area contributed by atoms with Crippen molar-refractivity contribution in [2.24, 2.45) is 0 Å². The number of nitrogens with one attached hydrogen (secondary N) is 2. The molecule has 0 aliphatic heterocycles. The average Bonchev–Trinajstić information content (AvgIpc) is 2.76. The predicted octanol–water partition coefficient (Wildman–Crippen LogP) is -0.997. The van der Waals surface area contributed by atoms with Gasteiger partial charge in [-0.05, 0) is 0 Å². The van der Waals surface area contributed by atoms with Crippen LogP contribution in [-0.4, -0.2) is 41.0 Å². The van der Waals surface area contributed by atoms with Crippen LogP contribution in [0.3, 0.4) is 0 Å². The minimum Gasteiger partial charge on any atom is -0.480 e. The Labute approximate surface area is 101 Å². The highest BCUT2D eigenvalue weighted by Gasteiger charge is 2.08. The van der Waals surface area contributed by atoms with Gasteiger partial charge in [-0.3, -0.25) is 14.4 Å². The summed E-state index contributed by atoms with van der Waals surface area (Å²) in [4.78, 5) is 36.4. The van der Waals surface area contributed by atoms with Crippen LogP contribution in [0.5, 0.6) is 0 Å². The number of amides is 2. The number of nitrogens with zero attached hydrogens (tertiary/aromatic N) is 1. The molecule has 0 atom stereocenters. The van der Waals surface area contributed by atoms with Crippen LogP contribution in [0.4, 0.5) is 0 Å². The van der Waals surface area contributed by atoms with E-state index in [1.54, 1.807) is 10.9 Å². The van der Waals surface area contributed by atoms with E-state index < -0.39 is 18.4 Å². The van der Waals surface area contributed by atoms with Crippen molar-refractivity contribution in [2.75, 3.05) is 13.1 Å². The van der Waals surface area contributed by atoms with Crippen LogP contribution in [0.25, 0.3) is 0 Å². The van der Waals surface area contributed by atoms with Crippen molar-refractivity contribution in [2.45, 2.75) is 6.42 Å². The Morgan fingerprint density at radius 2 is 1.94 bits per heavy atom. The van der Waals surface area contributed by atoms with Crippen LogP contribution in [0.2, 0.25) is 0 Å². The molecule has 0 fully saturated rings. The highest BCUT2D eigenvalue weighted by molar-refractivity contribution is 7.07. The first kappa shape index (κ1) is 13.1. The molecule has 0 aliphatic rings. The van der Waals surface area contributed by atoms with Crippen LogP contribution in [0.1, 0.15) is 5.69 Å². The van der Waals surface area contributed by atoms with Gasteiger partial charge in [-0.1, -0.05) is 0 Å². The van der Waals surface area contributed by atoms with Gasteiger partial charge < -0.3 is 15.7 Å². The molecule has 1 heterocycles. The van der Waals surface area contributed by atoms with Crippen molar-refractivity contribution >= 4 is 29.1 Å². The highest BCUT2D eigenvalue weighted by Crippen LogP contribution is 2.00. The smallest absolute Gasteiger partial charge is 0.322 e. The van der Waals surface area contributed by atoms with Crippen LogP contribution in [0.15, 0.2) is 10.9 Å². The lowest BCUT2D eigenvalue weighted by molar-refractivity contribution is -0.137. The maximum Gasteiger partial charge on any atom is 0.322 e.